The lowest BCUT2D eigenvalue weighted by Gasteiger charge is -2.35. The molecule has 1 amide bonds. The van der Waals surface area contributed by atoms with Gasteiger partial charge in [-0.3, -0.25) is 9.69 Å². The topological polar surface area (TPSA) is 83.6 Å². The molecule has 1 saturated heterocycles. The minimum absolute atomic E-state index is 0.0310. The second-order valence-electron chi connectivity index (χ2n) is 6.77. The van der Waals surface area contributed by atoms with Crippen LogP contribution in [0.4, 0.5) is 0 Å². The number of carbonyl (C=O) groups is 1. The van der Waals surface area contributed by atoms with Crippen molar-refractivity contribution in [2.24, 2.45) is 0 Å². The summed E-state index contributed by atoms with van der Waals surface area (Å²) in [6.07, 6.45) is 0. The first-order chi connectivity index (χ1) is 13.7. The standard InChI is InChI=1S/C20H23N5O3/c1-27-16-4-6-19(28-2)15(11-16)13-24-7-9-25(10-8-24)20(26)14-3-5-17-18(12-14)22-23-21-17/h3-6,11-12H,7-10,13H2,1-2H3,(H,21,22,23). The van der Waals surface area contributed by atoms with Gasteiger partial charge in [0.25, 0.3) is 5.91 Å². The van der Waals surface area contributed by atoms with E-state index in [0.717, 1.165) is 42.2 Å². The minimum Gasteiger partial charge on any atom is -0.497 e. The number of fused-ring (bicyclic) bond motifs is 1. The van der Waals surface area contributed by atoms with Gasteiger partial charge in [0, 0.05) is 43.9 Å². The van der Waals surface area contributed by atoms with Gasteiger partial charge in [0.05, 0.1) is 14.2 Å². The molecule has 8 heteroatoms. The summed E-state index contributed by atoms with van der Waals surface area (Å²) in [7, 11) is 3.33. The molecule has 1 aliphatic heterocycles. The second kappa shape index (κ2) is 7.85. The summed E-state index contributed by atoms with van der Waals surface area (Å²) in [5.41, 5.74) is 3.19. The molecule has 1 N–H and O–H groups in total. The van der Waals surface area contributed by atoms with Crippen LogP contribution < -0.4 is 9.47 Å². The summed E-state index contributed by atoms with van der Waals surface area (Å²) in [5, 5.41) is 10.7. The van der Waals surface area contributed by atoms with E-state index in [-0.39, 0.29) is 5.91 Å². The Morgan fingerprint density at radius 1 is 1.00 bits per heavy atom. The summed E-state index contributed by atoms with van der Waals surface area (Å²) >= 11 is 0. The van der Waals surface area contributed by atoms with Gasteiger partial charge in [0.15, 0.2) is 0 Å². The number of ether oxygens (including phenoxy) is 2. The Balaban J connectivity index is 1.40. The summed E-state index contributed by atoms with van der Waals surface area (Å²) in [5.74, 6) is 1.69. The van der Waals surface area contributed by atoms with Crippen LogP contribution in [0.5, 0.6) is 11.5 Å². The van der Waals surface area contributed by atoms with Crippen molar-refractivity contribution < 1.29 is 14.3 Å². The number of nitrogens with zero attached hydrogens (tertiary/aromatic N) is 4. The molecule has 0 saturated carbocycles. The number of amides is 1. The van der Waals surface area contributed by atoms with Crippen LogP contribution in [0.2, 0.25) is 0 Å². The third kappa shape index (κ3) is 3.63. The minimum atomic E-state index is 0.0310. The van der Waals surface area contributed by atoms with Gasteiger partial charge in [-0.1, -0.05) is 0 Å². The van der Waals surface area contributed by atoms with E-state index < -0.39 is 0 Å². The number of carbonyl (C=O) groups excluding carboxylic acids is 1. The average molecular weight is 381 g/mol. The molecule has 0 bridgehead atoms. The first kappa shape index (κ1) is 18.2. The largest absolute Gasteiger partial charge is 0.497 e. The molecule has 0 atom stereocenters. The number of rotatable bonds is 5. The van der Waals surface area contributed by atoms with Gasteiger partial charge in [-0.15, -0.1) is 0 Å². The van der Waals surface area contributed by atoms with E-state index in [1.165, 1.54) is 0 Å². The van der Waals surface area contributed by atoms with Crippen molar-refractivity contribution in [1.82, 2.24) is 25.2 Å². The fourth-order valence-electron chi connectivity index (χ4n) is 3.51. The van der Waals surface area contributed by atoms with Crippen LogP contribution in [0.1, 0.15) is 15.9 Å². The highest BCUT2D eigenvalue weighted by Gasteiger charge is 2.23. The number of H-pyrrole nitrogens is 1. The maximum atomic E-state index is 12.8. The van der Waals surface area contributed by atoms with Gasteiger partial charge >= 0.3 is 0 Å². The highest BCUT2D eigenvalue weighted by atomic mass is 16.5. The predicted octanol–water partition coefficient (Wildman–Crippen LogP) is 1.93. The summed E-state index contributed by atoms with van der Waals surface area (Å²) in [6.45, 7) is 3.73. The first-order valence-electron chi connectivity index (χ1n) is 9.21. The summed E-state index contributed by atoms with van der Waals surface area (Å²) in [6, 6.07) is 11.2. The van der Waals surface area contributed by atoms with Crippen molar-refractivity contribution in [3.63, 3.8) is 0 Å². The van der Waals surface area contributed by atoms with Crippen molar-refractivity contribution in [3.8, 4) is 11.5 Å². The molecular weight excluding hydrogens is 358 g/mol. The number of hydrogen-bond acceptors (Lipinski definition) is 6. The Morgan fingerprint density at radius 2 is 1.79 bits per heavy atom. The van der Waals surface area contributed by atoms with E-state index in [9.17, 15) is 4.79 Å². The molecule has 28 heavy (non-hydrogen) atoms. The number of aromatic amines is 1. The normalized spacial score (nSPS) is 15.0. The lowest BCUT2D eigenvalue weighted by molar-refractivity contribution is 0.0627. The highest BCUT2D eigenvalue weighted by Crippen LogP contribution is 2.26. The Kier molecular flexibility index (Phi) is 5.12. The molecule has 8 nitrogen and oxygen atoms in total. The monoisotopic (exact) mass is 381 g/mol. The number of aromatic nitrogens is 3. The van der Waals surface area contributed by atoms with Crippen LogP contribution in [-0.4, -0.2) is 71.5 Å². The maximum Gasteiger partial charge on any atom is 0.254 e. The molecule has 1 aromatic heterocycles. The lowest BCUT2D eigenvalue weighted by atomic mass is 10.1. The summed E-state index contributed by atoms with van der Waals surface area (Å²) < 4.78 is 10.8. The van der Waals surface area contributed by atoms with Gasteiger partial charge in [0.2, 0.25) is 0 Å². The zero-order valence-corrected chi connectivity index (χ0v) is 16.0. The molecule has 1 aliphatic rings. The third-order valence-electron chi connectivity index (χ3n) is 5.10. The molecule has 0 aliphatic carbocycles. The summed E-state index contributed by atoms with van der Waals surface area (Å²) in [4.78, 5) is 17.0. The molecule has 2 heterocycles. The Hall–Kier alpha value is -3.13. The molecule has 1 fully saturated rings. The third-order valence-corrected chi connectivity index (χ3v) is 5.10. The van der Waals surface area contributed by atoms with E-state index in [2.05, 4.69) is 20.3 Å². The lowest BCUT2D eigenvalue weighted by Crippen LogP contribution is -2.48. The van der Waals surface area contributed by atoms with Gasteiger partial charge in [-0.05, 0) is 36.4 Å². The quantitative estimate of drug-likeness (QED) is 0.727. The fourth-order valence-corrected chi connectivity index (χ4v) is 3.51. The molecule has 4 rings (SSSR count). The van der Waals surface area contributed by atoms with E-state index >= 15 is 0 Å². The van der Waals surface area contributed by atoms with E-state index in [4.69, 9.17) is 9.47 Å². The fraction of sp³-hybridized carbons (Fsp3) is 0.350. The second-order valence-corrected chi connectivity index (χ2v) is 6.77. The highest BCUT2D eigenvalue weighted by molar-refractivity contribution is 5.97. The van der Waals surface area contributed by atoms with E-state index in [1.807, 2.05) is 29.2 Å². The van der Waals surface area contributed by atoms with Crippen LogP contribution in [0.3, 0.4) is 0 Å². The van der Waals surface area contributed by atoms with Crippen LogP contribution in [0.15, 0.2) is 36.4 Å². The Morgan fingerprint density at radius 3 is 2.54 bits per heavy atom. The van der Waals surface area contributed by atoms with Gasteiger partial charge in [0.1, 0.15) is 22.5 Å². The number of piperazine rings is 1. The van der Waals surface area contributed by atoms with E-state index in [0.29, 0.717) is 24.2 Å². The first-order valence-corrected chi connectivity index (χ1v) is 9.21. The molecule has 0 radical (unpaired) electrons. The Labute approximate surface area is 163 Å². The molecule has 2 aromatic carbocycles. The number of benzene rings is 2. The molecular formula is C20H23N5O3. The zero-order valence-electron chi connectivity index (χ0n) is 16.0. The van der Waals surface area contributed by atoms with Crippen LogP contribution in [-0.2, 0) is 6.54 Å². The van der Waals surface area contributed by atoms with Gasteiger partial charge in [-0.25, -0.2) is 0 Å². The van der Waals surface area contributed by atoms with Crippen molar-refractivity contribution in [1.29, 1.82) is 0 Å². The zero-order chi connectivity index (χ0) is 19.5. The smallest absolute Gasteiger partial charge is 0.254 e. The van der Waals surface area contributed by atoms with E-state index in [1.54, 1.807) is 26.4 Å². The van der Waals surface area contributed by atoms with Gasteiger partial charge in [-0.2, -0.15) is 15.4 Å². The molecule has 146 valence electrons. The van der Waals surface area contributed by atoms with Crippen LogP contribution >= 0.6 is 0 Å². The van der Waals surface area contributed by atoms with Crippen LogP contribution in [0, 0.1) is 0 Å². The average Bonchev–Trinajstić information content (AvgIpc) is 3.21. The predicted molar refractivity (Wildman–Crippen MR) is 105 cm³/mol. The maximum absolute atomic E-state index is 12.8. The van der Waals surface area contributed by atoms with Crippen LogP contribution in [0.25, 0.3) is 11.0 Å². The Bertz CT molecular complexity index is 979. The molecule has 3 aromatic rings. The van der Waals surface area contributed by atoms with Crippen molar-refractivity contribution in [3.05, 3.63) is 47.5 Å². The number of nitrogens with one attached hydrogen (secondary N) is 1. The van der Waals surface area contributed by atoms with Crippen molar-refractivity contribution in [2.75, 3.05) is 40.4 Å². The number of methoxy groups -OCH3 is 2. The number of hydrogen-bond donors (Lipinski definition) is 1. The molecule has 0 unspecified atom stereocenters. The van der Waals surface area contributed by atoms with Gasteiger partial charge < -0.3 is 14.4 Å². The van der Waals surface area contributed by atoms with Crippen molar-refractivity contribution >= 4 is 16.9 Å². The van der Waals surface area contributed by atoms with Crippen molar-refractivity contribution in [2.45, 2.75) is 6.54 Å². The molecule has 0 spiro atoms. The SMILES string of the molecule is COc1ccc(OC)c(CN2CCN(C(=O)c3ccc4n[nH]nc4c3)CC2)c1.